The lowest BCUT2D eigenvalue weighted by atomic mass is 10.1. The van der Waals surface area contributed by atoms with Crippen LogP contribution in [0.2, 0.25) is 0 Å². The van der Waals surface area contributed by atoms with Gasteiger partial charge < -0.3 is 0 Å². The SMILES string of the molecule is Cc1ccc(-c2cc(-c3ncccn3)nn2Cc2ccccc2F)cc1. The predicted octanol–water partition coefficient (Wildman–Crippen LogP) is 4.50. The third-order valence-corrected chi connectivity index (χ3v) is 4.20. The number of hydrogen-bond donors (Lipinski definition) is 0. The predicted molar refractivity (Wildman–Crippen MR) is 98.9 cm³/mol. The van der Waals surface area contributed by atoms with E-state index in [2.05, 4.69) is 27.2 Å². The highest BCUT2D eigenvalue weighted by atomic mass is 19.1. The van der Waals surface area contributed by atoms with E-state index in [-0.39, 0.29) is 5.82 Å². The summed E-state index contributed by atoms with van der Waals surface area (Å²) in [7, 11) is 0. The maximum atomic E-state index is 14.1. The van der Waals surface area contributed by atoms with Crippen molar-refractivity contribution in [1.82, 2.24) is 19.7 Å². The Morgan fingerprint density at radius 3 is 2.38 bits per heavy atom. The summed E-state index contributed by atoms with van der Waals surface area (Å²) in [6.07, 6.45) is 3.37. The molecule has 0 aliphatic heterocycles. The van der Waals surface area contributed by atoms with Crippen LogP contribution < -0.4 is 0 Å². The molecule has 0 bridgehead atoms. The van der Waals surface area contributed by atoms with Crippen LogP contribution in [-0.4, -0.2) is 19.7 Å². The summed E-state index contributed by atoms with van der Waals surface area (Å²) < 4.78 is 15.9. The molecule has 4 aromatic rings. The molecule has 0 saturated carbocycles. The van der Waals surface area contributed by atoms with Crippen molar-refractivity contribution in [3.63, 3.8) is 0 Å². The van der Waals surface area contributed by atoms with Crippen molar-refractivity contribution in [3.8, 4) is 22.8 Å². The van der Waals surface area contributed by atoms with Gasteiger partial charge in [0, 0.05) is 18.0 Å². The van der Waals surface area contributed by atoms with Crippen molar-refractivity contribution in [3.05, 3.63) is 90.0 Å². The molecule has 0 radical (unpaired) electrons. The molecular formula is C21H17FN4. The normalized spacial score (nSPS) is 10.8. The van der Waals surface area contributed by atoms with Crippen molar-refractivity contribution in [2.45, 2.75) is 13.5 Å². The minimum Gasteiger partial charge on any atom is -0.260 e. The van der Waals surface area contributed by atoms with Gasteiger partial charge in [0.1, 0.15) is 11.5 Å². The number of hydrogen-bond acceptors (Lipinski definition) is 3. The number of rotatable bonds is 4. The minimum atomic E-state index is -0.240. The summed E-state index contributed by atoms with van der Waals surface area (Å²) in [6.45, 7) is 2.38. The molecular weight excluding hydrogens is 327 g/mol. The average Bonchev–Trinajstić information content (AvgIpc) is 3.09. The quantitative estimate of drug-likeness (QED) is 0.547. The Hall–Kier alpha value is -3.34. The summed E-state index contributed by atoms with van der Waals surface area (Å²) in [4.78, 5) is 8.55. The number of benzene rings is 2. The third-order valence-electron chi connectivity index (χ3n) is 4.20. The smallest absolute Gasteiger partial charge is 0.180 e. The van der Waals surface area contributed by atoms with Gasteiger partial charge in [0.05, 0.1) is 12.2 Å². The third kappa shape index (κ3) is 3.24. The summed E-state index contributed by atoms with van der Waals surface area (Å²) >= 11 is 0. The number of nitrogens with zero attached hydrogens (tertiary/aromatic N) is 4. The minimum absolute atomic E-state index is 0.240. The first-order valence-corrected chi connectivity index (χ1v) is 8.36. The Morgan fingerprint density at radius 1 is 0.923 bits per heavy atom. The Morgan fingerprint density at radius 2 is 1.65 bits per heavy atom. The fourth-order valence-corrected chi connectivity index (χ4v) is 2.82. The molecule has 0 amide bonds. The highest BCUT2D eigenvalue weighted by molar-refractivity contribution is 5.66. The second-order valence-corrected chi connectivity index (χ2v) is 6.10. The lowest BCUT2D eigenvalue weighted by Gasteiger charge is -2.09. The summed E-state index contributed by atoms with van der Waals surface area (Å²) in [5.74, 6) is 0.309. The second-order valence-electron chi connectivity index (χ2n) is 6.10. The highest BCUT2D eigenvalue weighted by Gasteiger charge is 2.14. The molecule has 0 atom stereocenters. The molecule has 0 aliphatic rings. The fraction of sp³-hybridized carbons (Fsp3) is 0.0952. The molecule has 2 aromatic heterocycles. The molecule has 4 rings (SSSR count). The average molecular weight is 344 g/mol. The molecule has 5 heteroatoms. The molecule has 0 fully saturated rings. The summed E-state index contributed by atoms with van der Waals surface area (Å²) in [5, 5.41) is 4.64. The van der Waals surface area contributed by atoms with E-state index in [1.54, 1.807) is 35.3 Å². The van der Waals surface area contributed by atoms with Crippen LogP contribution in [0.5, 0.6) is 0 Å². The number of aryl methyl sites for hydroxylation is 1. The topological polar surface area (TPSA) is 43.6 Å². The van der Waals surface area contributed by atoms with Crippen LogP contribution in [0, 0.1) is 12.7 Å². The van der Waals surface area contributed by atoms with Crippen LogP contribution in [0.25, 0.3) is 22.8 Å². The maximum absolute atomic E-state index is 14.1. The summed E-state index contributed by atoms with van der Waals surface area (Å²) in [6, 6.07) is 18.6. The van der Waals surface area contributed by atoms with Gasteiger partial charge in [-0.3, -0.25) is 4.68 Å². The summed E-state index contributed by atoms with van der Waals surface area (Å²) in [5.41, 5.74) is 4.35. The Labute approximate surface area is 151 Å². The zero-order valence-corrected chi connectivity index (χ0v) is 14.3. The first kappa shape index (κ1) is 16.1. The molecule has 2 aromatic carbocycles. The molecule has 4 nitrogen and oxygen atoms in total. The van der Waals surface area contributed by atoms with Gasteiger partial charge in [-0.2, -0.15) is 5.10 Å². The second kappa shape index (κ2) is 6.88. The Kier molecular flexibility index (Phi) is 4.27. The fourth-order valence-electron chi connectivity index (χ4n) is 2.82. The molecule has 0 spiro atoms. The van der Waals surface area contributed by atoms with E-state index >= 15 is 0 Å². The van der Waals surface area contributed by atoms with Crippen molar-refractivity contribution in [2.24, 2.45) is 0 Å². The molecule has 0 unspecified atom stereocenters. The van der Waals surface area contributed by atoms with Gasteiger partial charge in [-0.15, -0.1) is 0 Å². The number of halogens is 1. The molecule has 26 heavy (non-hydrogen) atoms. The zero-order valence-electron chi connectivity index (χ0n) is 14.3. The molecule has 2 heterocycles. The van der Waals surface area contributed by atoms with Crippen LogP contribution in [0.4, 0.5) is 4.39 Å². The van der Waals surface area contributed by atoms with Crippen LogP contribution in [0.3, 0.4) is 0 Å². The van der Waals surface area contributed by atoms with E-state index in [1.165, 1.54) is 11.6 Å². The van der Waals surface area contributed by atoms with E-state index in [0.717, 1.165) is 11.3 Å². The Balaban J connectivity index is 1.81. The van der Waals surface area contributed by atoms with Crippen molar-refractivity contribution < 1.29 is 4.39 Å². The van der Waals surface area contributed by atoms with E-state index in [4.69, 9.17) is 0 Å². The first-order chi connectivity index (χ1) is 12.7. The highest BCUT2D eigenvalue weighted by Crippen LogP contribution is 2.26. The first-order valence-electron chi connectivity index (χ1n) is 8.36. The van der Waals surface area contributed by atoms with Gasteiger partial charge in [0.25, 0.3) is 0 Å². The van der Waals surface area contributed by atoms with Gasteiger partial charge in [0.15, 0.2) is 5.82 Å². The van der Waals surface area contributed by atoms with Crippen molar-refractivity contribution >= 4 is 0 Å². The molecule has 0 saturated heterocycles. The Bertz CT molecular complexity index is 1020. The molecule has 128 valence electrons. The van der Waals surface area contributed by atoms with Crippen molar-refractivity contribution in [2.75, 3.05) is 0 Å². The van der Waals surface area contributed by atoms with Gasteiger partial charge in [-0.05, 0) is 30.7 Å². The standard InChI is InChI=1S/C21H17FN4/c1-15-7-9-16(10-8-15)20-13-19(21-23-11-4-12-24-21)25-26(20)14-17-5-2-3-6-18(17)22/h2-13H,14H2,1H3. The van der Waals surface area contributed by atoms with E-state index in [0.29, 0.717) is 23.6 Å². The van der Waals surface area contributed by atoms with Gasteiger partial charge in [0.2, 0.25) is 0 Å². The van der Waals surface area contributed by atoms with E-state index in [9.17, 15) is 4.39 Å². The van der Waals surface area contributed by atoms with Gasteiger partial charge in [-0.1, -0.05) is 48.0 Å². The van der Waals surface area contributed by atoms with Gasteiger partial charge >= 0.3 is 0 Å². The number of aromatic nitrogens is 4. The largest absolute Gasteiger partial charge is 0.260 e. The van der Waals surface area contributed by atoms with Gasteiger partial charge in [-0.25, -0.2) is 14.4 Å². The van der Waals surface area contributed by atoms with E-state index < -0.39 is 0 Å². The van der Waals surface area contributed by atoms with Crippen LogP contribution >= 0.6 is 0 Å². The monoisotopic (exact) mass is 344 g/mol. The zero-order chi connectivity index (χ0) is 17.9. The van der Waals surface area contributed by atoms with Crippen LogP contribution in [0.1, 0.15) is 11.1 Å². The molecule has 0 N–H and O–H groups in total. The maximum Gasteiger partial charge on any atom is 0.180 e. The lowest BCUT2D eigenvalue weighted by Crippen LogP contribution is -2.06. The van der Waals surface area contributed by atoms with E-state index in [1.807, 2.05) is 31.2 Å². The van der Waals surface area contributed by atoms with Crippen LogP contribution in [-0.2, 0) is 6.54 Å². The molecule has 0 aliphatic carbocycles. The van der Waals surface area contributed by atoms with Crippen LogP contribution in [0.15, 0.2) is 73.1 Å². The lowest BCUT2D eigenvalue weighted by molar-refractivity contribution is 0.587. The van der Waals surface area contributed by atoms with Crippen molar-refractivity contribution in [1.29, 1.82) is 0 Å².